The molecule has 1 aromatic carbocycles. The van der Waals surface area contributed by atoms with Crippen molar-refractivity contribution in [3.8, 4) is 17.2 Å². The molecule has 0 saturated heterocycles. The molecule has 0 bridgehead atoms. The van der Waals surface area contributed by atoms with Crippen LogP contribution in [0.5, 0.6) is 17.2 Å². The molecule has 0 aliphatic heterocycles. The first kappa shape index (κ1) is 11.7. The Bertz CT molecular complexity index is 361. The smallest absolute Gasteiger partial charge is 0.200 e. The van der Waals surface area contributed by atoms with E-state index in [1.165, 1.54) is 6.07 Å². The molecule has 5 N–H and O–H groups in total. The van der Waals surface area contributed by atoms with Gasteiger partial charge in [-0.15, -0.1) is 0 Å². The van der Waals surface area contributed by atoms with Gasteiger partial charge in [-0.2, -0.15) is 0 Å². The number of phenolic OH excluding ortho intramolecular Hbond substituents is 3. The van der Waals surface area contributed by atoms with Crippen molar-refractivity contribution >= 4 is 0 Å². The molecule has 1 aromatic rings. The van der Waals surface area contributed by atoms with Crippen LogP contribution >= 0.6 is 0 Å². The summed E-state index contributed by atoms with van der Waals surface area (Å²) < 4.78 is 0. The summed E-state index contributed by atoms with van der Waals surface area (Å²) in [6.07, 6.45) is 0.685. The lowest BCUT2D eigenvalue weighted by Gasteiger charge is -2.25. The highest BCUT2D eigenvalue weighted by molar-refractivity contribution is 5.55. The summed E-state index contributed by atoms with van der Waals surface area (Å²) in [7, 11) is 0. The van der Waals surface area contributed by atoms with E-state index >= 15 is 0 Å². The van der Waals surface area contributed by atoms with Gasteiger partial charge in [0.2, 0.25) is 5.75 Å². The maximum Gasteiger partial charge on any atom is 0.200 e. The van der Waals surface area contributed by atoms with Crippen molar-refractivity contribution in [3.63, 3.8) is 0 Å². The van der Waals surface area contributed by atoms with E-state index in [2.05, 4.69) is 0 Å². The first-order valence-corrected chi connectivity index (χ1v) is 4.84. The summed E-state index contributed by atoms with van der Waals surface area (Å²) in [6, 6.07) is 2.96. The minimum atomic E-state index is -0.474. The lowest BCUT2D eigenvalue weighted by Crippen LogP contribution is -2.21. The summed E-state index contributed by atoms with van der Waals surface area (Å²) in [5, 5.41) is 28.3. The Hall–Kier alpha value is -1.42. The summed E-state index contributed by atoms with van der Waals surface area (Å²) in [6.45, 7) is 4.34. The van der Waals surface area contributed by atoms with E-state index < -0.39 is 5.75 Å². The highest BCUT2D eigenvalue weighted by atomic mass is 16.3. The molecule has 4 nitrogen and oxygen atoms in total. The third kappa shape index (κ3) is 2.15. The fourth-order valence-electron chi connectivity index (χ4n) is 1.61. The Morgan fingerprint density at radius 3 is 2.27 bits per heavy atom. The van der Waals surface area contributed by atoms with Gasteiger partial charge in [0, 0.05) is 5.56 Å². The van der Waals surface area contributed by atoms with Crippen molar-refractivity contribution in [2.24, 2.45) is 5.73 Å². The Kier molecular flexibility index (Phi) is 3.09. The van der Waals surface area contributed by atoms with Gasteiger partial charge in [-0.25, -0.2) is 0 Å². The molecule has 0 spiro atoms. The number of phenols is 3. The van der Waals surface area contributed by atoms with Crippen LogP contribution in [0.2, 0.25) is 0 Å². The maximum atomic E-state index is 9.69. The predicted octanol–water partition coefficient (Wildman–Crippen LogP) is 1.43. The molecule has 0 heterocycles. The van der Waals surface area contributed by atoms with Gasteiger partial charge in [0.05, 0.1) is 0 Å². The lowest BCUT2D eigenvalue weighted by molar-refractivity contribution is 0.354. The van der Waals surface area contributed by atoms with Gasteiger partial charge in [0.15, 0.2) is 11.5 Å². The molecule has 0 radical (unpaired) electrons. The third-order valence-corrected chi connectivity index (χ3v) is 2.63. The number of benzene rings is 1. The van der Waals surface area contributed by atoms with Crippen molar-refractivity contribution in [2.45, 2.75) is 25.7 Å². The van der Waals surface area contributed by atoms with E-state index in [0.717, 1.165) is 0 Å². The van der Waals surface area contributed by atoms with Crippen LogP contribution in [-0.4, -0.2) is 21.9 Å². The summed E-state index contributed by atoms with van der Waals surface area (Å²) in [5.41, 5.74) is 5.73. The van der Waals surface area contributed by atoms with Crippen molar-refractivity contribution in [1.29, 1.82) is 0 Å². The number of hydrogen-bond acceptors (Lipinski definition) is 4. The van der Waals surface area contributed by atoms with Gasteiger partial charge >= 0.3 is 0 Å². The number of hydrogen-bond donors (Lipinski definition) is 4. The number of rotatable bonds is 3. The quantitative estimate of drug-likeness (QED) is 0.570. The van der Waals surface area contributed by atoms with Gasteiger partial charge in [-0.1, -0.05) is 19.9 Å². The molecule has 0 atom stereocenters. The molecular formula is C11H17NO3. The molecular weight excluding hydrogens is 194 g/mol. The highest BCUT2D eigenvalue weighted by Crippen LogP contribution is 2.43. The number of aromatic hydroxyl groups is 3. The molecule has 4 heteroatoms. The van der Waals surface area contributed by atoms with E-state index in [4.69, 9.17) is 5.73 Å². The Balaban J connectivity index is 3.21. The van der Waals surface area contributed by atoms with Gasteiger partial charge < -0.3 is 21.1 Å². The molecule has 0 aliphatic carbocycles. The van der Waals surface area contributed by atoms with Crippen LogP contribution in [0.4, 0.5) is 0 Å². The SMILES string of the molecule is CC(C)(CCN)c1ccc(O)c(O)c1O. The number of nitrogens with two attached hydrogens (primary N) is 1. The van der Waals surface area contributed by atoms with Gasteiger partial charge in [-0.3, -0.25) is 0 Å². The van der Waals surface area contributed by atoms with E-state index in [0.29, 0.717) is 18.5 Å². The molecule has 0 fully saturated rings. The van der Waals surface area contributed by atoms with Crippen LogP contribution < -0.4 is 5.73 Å². The largest absolute Gasteiger partial charge is 0.504 e. The van der Waals surface area contributed by atoms with Crippen molar-refractivity contribution < 1.29 is 15.3 Å². The highest BCUT2D eigenvalue weighted by Gasteiger charge is 2.25. The Morgan fingerprint density at radius 1 is 1.13 bits per heavy atom. The van der Waals surface area contributed by atoms with Crippen molar-refractivity contribution in [2.75, 3.05) is 6.54 Å². The molecule has 15 heavy (non-hydrogen) atoms. The monoisotopic (exact) mass is 211 g/mol. The van der Waals surface area contributed by atoms with E-state index in [1.54, 1.807) is 6.07 Å². The minimum Gasteiger partial charge on any atom is -0.504 e. The zero-order chi connectivity index (χ0) is 11.6. The van der Waals surface area contributed by atoms with Crippen molar-refractivity contribution in [1.82, 2.24) is 0 Å². The first-order valence-electron chi connectivity index (χ1n) is 4.84. The van der Waals surface area contributed by atoms with Gasteiger partial charge in [0.25, 0.3) is 0 Å². The van der Waals surface area contributed by atoms with Gasteiger partial charge in [-0.05, 0) is 24.4 Å². The molecule has 0 amide bonds. The van der Waals surface area contributed by atoms with Crippen LogP contribution in [0.25, 0.3) is 0 Å². The van der Waals surface area contributed by atoms with E-state index in [1.807, 2.05) is 13.8 Å². The fourth-order valence-corrected chi connectivity index (χ4v) is 1.61. The second-order valence-corrected chi connectivity index (χ2v) is 4.25. The zero-order valence-electron chi connectivity index (χ0n) is 8.99. The lowest BCUT2D eigenvalue weighted by atomic mass is 9.81. The van der Waals surface area contributed by atoms with Crippen LogP contribution in [0.1, 0.15) is 25.8 Å². The minimum absolute atomic E-state index is 0.270. The molecule has 1 rings (SSSR count). The second kappa shape index (κ2) is 3.98. The Labute approximate surface area is 89.0 Å². The Morgan fingerprint density at radius 2 is 1.73 bits per heavy atom. The summed E-state index contributed by atoms with van der Waals surface area (Å²) >= 11 is 0. The standard InChI is InChI=1S/C11H17NO3/c1-11(2,5-6-12)7-3-4-8(13)10(15)9(7)14/h3-4,13-15H,5-6,12H2,1-2H3. The normalized spacial score (nSPS) is 11.7. The summed E-state index contributed by atoms with van der Waals surface area (Å²) in [4.78, 5) is 0. The van der Waals surface area contributed by atoms with Crippen molar-refractivity contribution in [3.05, 3.63) is 17.7 Å². The van der Waals surface area contributed by atoms with Crippen LogP contribution in [0.3, 0.4) is 0 Å². The molecule has 0 saturated carbocycles. The van der Waals surface area contributed by atoms with Crippen LogP contribution in [-0.2, 0) is 5.41 Å². The van der Waals surface area contributed by atoms with Gasteiger partial charge in [0.1, 0.15) is 0 Å². The molecule has 0 unspecified atom stereocenters. The average Bonchev–Trinajstić information content (AvgIpc) is 2.13. The molecule has 84 valence electrons. The first-order chi connectivity index (χ1) is 6.90. The molecule has 0 aliphatic rings. The second-order valence-electron chi connectivity index (χ2n) is 4.25. The average molecular weight is 211 g/mol. The fraction of sp³-hybridized carbons (Fsp3) is 0.455. The van der Waals surface area contributed by atoms with E-state index in [9.17, 15) is 15.3 Å². The third-order valence-electron chi connectivity index (χ3n) is 2.63. The summed E-state index contributed by atoms with van der Waals surface area (Å²) in [5.74, 6) is -1.06. The topological polar surface area (TPSA) is 86.7 Å². The van der Waals surface area contributed by atoms with Crippen LogP contribution in [0, 0.1) is 0 Å². The maximum absolute atomic E-state index is 9.69. The molecule has 0 aromatic heterocycles. The van der Waals surface area contributed by atoms with Crippen LogP contribution in [0.15, 0.2) is 12.1 Å². The zero-order valence-corrected chi connectivity index (χ0v) is 8.99. The van der Waals surface area contributed by atoms with E-state index in [-0.39, 0.29) is 16.9 Å². The predicted molar refractivity (Wildman–Crippen MR) is 58.1 cm³/mol.